The van der Waals surface area contributed by atoms with Gasteiger partial charge >= 0.3 is 0 Å². The molecular formula is C22H17N3O5. The van der Waals surface area contributed by atoms with Crippen molar-refractivity contribution in [2.24, 2.45) is 12.2 Å². The fraction of sp³-hybridized carbons (Fsp3) is 0.136. The number of pyridine rings is 1. The van der Waals surface area contributed by atoms with Gasteiger partial charge in [0, 0.05) is 18.9 Å². The minimum absolute atomic E-state index is 0.0516. The Balaban J connectivity index is 1.54. The van der Waals surface area contributed by atoms with Crippen LogP contribution in [0.15, 0.2) is 69.2 Å². The van der Waals surface area contributed by atoms with Crippen molar-refractivity contribution in [2.45, 2.75) is 12.5 Å². The van der Waals surface area contributed by atoms with Crippen LogP contribution in [-0.2, 0) is 11.9 Å². The van der Waals surface area contributed by atoms with Gasteiger partial charge in [-0.2, -0.15) is 0 Å². The summed E-state index contributed by atoms with van der Waals surface area (Å²) in [5.41, 5.74) is 1.78. The molecular weight excluding hydrogens is 386 g/mol. The van der Waals surface area contributed by atoms with Crippen LogP contribution < -0.4 is 5.56 Å². The van der Waals surface area contributed by atoms with Crippen LogP contribution in [0, 0.1) is 0 Å². The van der Waals surface area contributed by atoms with Crippen LogP contribution >= 0.6 is 0 Å². The molecule has 0 aliphatic carbocycles. The molecule has 0 bridgehead atoms. The average Bonchev–Trinajstić information content (AvgIpc) is 3.42. The third-order valence-electron chi connectivity index (χ3n) is 5.33. The molecule has 30 heavy (non-hydrogen) atoms. The van der Waals surface area contributed by atoms with E-state index in [1.807, 2.05) is 0 Å². The average molecular weight is 403 g/mol. The second-order valence-electron chi connectivity index (χ2n) is 7.07. The number of benzene rings is 2. The first-order valence-electron chi connectivity index (χ1n) is 9.33. The van der Waals surface area contributed by atoms with Crippen molar-refractivity contribution in [1.29, 1.82) is 0 Å². The summed E-state index contributed by atoms with van der Waals surface area (Å²) in [6.45, 7) is 0. The fourth-order valence-electron chi connectivity index (χ4n) is 3.78. The molecule has 1 unspecified atom stereocenters. The lowest BCUT2D eigenvalue weighted by Crippen LogP contribution is -2.24. The summed E-state index contributed by atoms with van der Waals surface area (Å²) in [4.78, 5) is 18.5. The molecule has 2 aromatic heterocycles. The summed E-state index contributed by atoms with van der Waals surface area (Å²) in [6, 6.07) is 13.9. The normalized spacial score (nSPS) is 15.9. The van der Waals surface area contributed by atoms with Gasteiger partial charge in [-0.25, -0.2) is 0 Å². The number of oxime groups is 1. The summed E-state index contributed by atoms with van der Waals surface area (Å²) < 4.78 is 6.83. The second kappa shape index (κ2) is 6.77. The lowest BCUT2D eigenvalue weighted by atomic mass is 9.97. The number of aromatic nitrogens is 2. The number of aromatic hydroxyl groups is 2. The number of rotatable bonds is 3. The highest BCUT2D eigenvalue weighted by Crippen LogP contribution is 2.39. The Morgan fingerprint density at radius 1 is 1.10 bits per heavy atom. The zero-order valence-electron chi connectivity index (χ0n) is 15.9. The van der Waals surface area contributed by atoms with Crippen LogP contribution in [0.4, 0.5) is 0 Å². The minimum atomic E-state index is -0.573. The third-order valence-corrected chi connectivity index (χ3v) is 5.33. The molecule has 1 aliphatic heterocycles. The highest BCUT2D eigenvalue weighted by atomic mass is 16.6. The summed E-state index contributed by atoms with van der Waals surface area (Å²) in [5.74, 6) is 0.295. The van der Waals surface area contributed by atoms with E-state index in [1.54, 1.807) is 55.6 Å². The summed E-state index contributed by atoms with van der Waals surface area (Å²) >= 11 is 0. The van der Waals surface area contributed by atoms with Gasteiger partial charge in [0.2, 0.25) is 0 Å². The second-order valence-corrected chi connectivity index (χ2v) is 7.07. The quantitative estimate of drug-likeness (QED) is 0.542. The van der Waals surface area contributed by atoms with Gasteiger partial charge in [0.1, 0.15) is 22.8 Å². The summed E-state index contributed by atoms with van der Waals surface area (Å²) in [5, 5.41) is 29.4. The highest BCUT2D eigenvalue weighted by molar-refractivity contribution is 6.07. The van der Waals surface area contributed by atoms with Gasteiger partial charge in [-0.15, -0.1) is 0 Å². The summed E-state index contributed by atoms with van der Waals surface area (Å²) in [6.07, 6.45) is 1.17. The van der Waals surface area contributed by atoms with Crippen molar-refractivity contribution >= 4 is 16.6 Å². The highest BCUT2D eigenvalue weighted by Gasteiger charge is 2.32. The first kappa shape index (κ1) is 18.0. The van der Waals surface area contributed by atoms with Crippen molar-refractivity contribution in [1.82, 2.24) is 9.72 Å². The molecule has 0 saturated heterocycles. The van der Waals surface area contributed by atoms with Crippen LogP contribution in [-0.4, -0.2) is 25.6 Å². The molecule has 0 spiro atoms. The molecule has 5 rings (SSSR count). The van der Waals surface area contributed by atoms with E-state index in [9.17, 15) is 15.0 Å². The van der Waals surface area contributed by atoms with Gasteiger partial charge < -0.3 is 24.1 Å². The molecule has 2 N–H and O–H groups in total. The van der Waals surface area contributed by atoms with Gasteiger partial charge in [-0.05, 0) is 24.3 Å². The van der Waals surface area contributed by atoms with Crippen LogP contribution in [0.2, 0.25) is 0 Å². The number of phenolic OH excluding ortho intramolecular Hbond substituents is 1. The van der Waals surface area contributed by atoms with Crippen molar-refractivity contribution in [3.05, 3.63) is 76.2 Å². The van der Waals surface area contributed by atoms with E-state index in [-0.39, 0.29) is 29.0 Å². The van der Waals surface area contributed by atoms with Gasteiger partial charge in [-0.3, -0.25) is 4.79 Å². The smallest absolute Gasteiger partial charge is 0.263 e. The standard InChI is InChI=1S/C22H17N3O5/c1-25-16-8-4-2-6-12(16)20(27)19(22(25)28)15-10-18(29-24-15)14-11-23-30-21(14)13-7-3-5-9-17(13)26/h2-9,11,18,26-27H,10H2,1H3. The molecule has 1 atom stereocenters. The molecule has 1 aliphatic rings. The van der Waals surface area contributed by atoms with E-state index in [0.717, 1.165) is 0 Å². The Morgan fingerprint density at radius 2 is 1.87 bits per heavy atom. The number of hydrogen-bond acceptors (Lipinski definition) is 7. The Bertz CT molecular complexity index is 1370. The van der Waals surface area contributed by atoms with Crippen LogP contribution in [0.3, 0.4) is 0 Å². The van der Waals surface area contributed by atoms with Crippen LogP contribution in [0.1, 0.15) is 23.7 Å². The molecule has 0 saturated carbocycles. The number of nitrogens with zero attached hydrogens (tertiary/aromatic N) is 3. The lowest BCUT2D eigenvalue weighted by Gasteiger charge is -2.11. The van der Waals surface area contributed by atoms with Gasteiger partial charge in [-0.1, -0.05) is 34.6 Å². The van der Waals surface area contributed by atoms with E-state index >= 15 is 0 Å². The molecule has 0 fully saturated rings. The van der Waals surface area contributed by atoms with Crippen molar-refractivity contribution < 1.29 is 19.6 Å². The largest absolute Gasteiger partial charge is 0.507 e. The molecule has 3 heterocycles. The molecule has 150 valence electrons. The first-order valence-corrected chi connectivity index (χ1v) is 9.33. The predicted octanol–water partition coefficient (Wildman–Crippen LogP) is 3.47. The monoisotopic (exact) mass is 403 g/mol. The fourth-order valence-corrected chi connectivity index (χ4v) is 3.78. The van der Waals surface area contributed by atoms with E-state index in [0.29, 0.717) is 33.5 Å². The maximum Gasteiger partial charge on any atom is 0.263 e. The summed E-state index contributed by atoms with van der Waals surface area (Å²) in [7, 11) is 1.65. The Morgan fingerprint density at radius 3 is 2.70 bits per heavy atom. The predicted molar refractivity (Wildman–Crippen MR) is 109 cm³/mol. The Labute approximate surface area is 170 Å². The van der Waals surface area contributed by atoms with Gasteiger partial charge in [0.25, 0.3) is 5.56 Å². The lowest BCUT2D eigenvalue weighted by molar-refractivity contribution is 0.0858. The van der Waals surface area contributed by atoms with Crippen molar-refractivity contribution in [3.63, 3.8) is 0 Å². The van der Waals surface area contributed by atoms with E-state index in [1.165, 1.54) is 10.8 Å². The molecule has 8 nitrogen and oxygen atoms in total. The van der Waals surface area contributed by atoms with Crippen molar-refractivity contribution in [2.75, 3.05) is 0 Å². The van der Waals surface area contributed by atoms with Crippen LogP contribution in [0.5, 0.6) is 11.5 Å². The third kappa shape index (κ3) is 2.65. The van der Waals surface area contributed by atoms with E-state index in [4.69, 9.17) is 9.36 Å². The first-order chi connectivity index (χ1) is 14.6. The SMILES string of the molecule is Cn1c(=O)c(C2=NOC(c3cnoc3-c3ccccc3O)C2)c(O)c2ccccc21. The van der Waals surface area contributed by atoms with Crippen LogP contribution in [0.25, 0.3) is 22.2 Å². The molecule has 0 radical (unpaired) electrons. The number of phenols is 1. The van der Waals surface area contributed by atoms with Gasteiger partial charge in [0.15, 0.2) is 11.9 Å². The molecule has 2 aromatic carbocycles. The maximum absolute atomic E-state index is 12.9. The zero-order chi connectivity index (χ0) is 20.8. The minimum Gasteiger partial charge on any atom is -0.507 e. The van der Waals surface area contributed by atoms with E-state index in [2.05, 4.69) is 10.3 Å². The Hall–Kier alpha value is -4.07. The number of para-hydroxylation sites is 2. The molecule has 8 heteroatoms. The van der Waals surface area contributed by atoms with Crippen molar-refractivity contribution in [3.8, 4) is 22.8 Å². The van der Waals surface area contributed by atoms with E-state index < -0.39 is 6.10 Å². The number of fused-ring (bicyclic) bond motifs is 1. The topological polar surface area (TPSA) is 110 Å². The molecule has 4 aromatic rings. The van der Waals surface area contributed by atoms with Gasteiger partial charge in [0.05, 0.1) is 22.8 Å². The zero-order valence-corrected chi connectivity index (χ0v) is 15.9. The number of hydrogen-bond donors (Lipinski definition) is 2. The maximum atomic E-state index is 12.9. The number of aryl methyl sites for hydroxylation is 1. The molecule has 0 amide bonds. The Kier molecular flexibility index (Phi) is 4.06.